The van der Waals surface area contributed by atoms with Gasteiger partial charge >= 0.3 is 5.97 Å². The molecule has 0 saturated carbocycles. The lowest BCUT2D eigenvalue weighted by Crippen LogP contribution is -2.00. The maximum absolute atomic E-state index is 11.9. The number of ether oxygens (including phenoxy) is 1. The van der Waals surface area contributed by atoms with Crippen molar-refractivity contribution in [3.8, 4) is 23.3 Å². The molecule has 3 aromatic carbocycles. The highest BCUT2D eigenvalue weighted by Gasteiger charge is 2.17. The Morgan fingerprint density at radius 2 is 1.82 bits per heavy atom. The molecule has 168 valence electrons. The molecule has 0 atom stereocenters. The minimum Gasteiger partial charge on any atom is -0.488 e. The Morgan fingerprint density at radius 3 is 2.59 bits per heavy atom. The number of para-hydroxylation sites is 1. The average molecular weight is 490 g/mol. The fraction of sp³-hybridized carbons (Fsp3) is 0.0400. The second-order valence-corrected chi connectivity index (χ2v) is 8.32. The molecule has 0 amide bonds. The number of carboxylic acids is 1. The Labute approximate surface area is 204 Å². The topological polar surface area (TPSA) is 109 Å². The third-order valence-corrected chi connectivity index (χ3v) is 5.74. The number of carboxylic acid groups (broad SMARTS) is 1. The van der Waals surface area contributed by atoms with Gasteiger partial charge in [0, 0.05) is 21.7 Å². The van der Waals surface area contributed by atoms with Gasteiger partial charge < -0.3 is 14.3 Å². The van der Waals surface area contributed by atoms with E-state index in [-0.39, 0.29) is 22.6 Å². The molecular weight excluding hydrogens is 474 g/mol. The van der Waals surface area contributed by atoms with Crippen molar-refractivity contribution >= 4 is 35.4 Å². The van der Waals surface area contributed by atoms with Crippen molar-refractivity contribution < 1.29 is 19.1 Å². The van der Waals surface area contributed by atoms with Crippen LogP contribution in [0.4, 0.5) is 0 Å². The molecule has 0 fully saturated rings. The number of thioether (sulfide) groups is 1. The quantitative estimate of drug-likeness (QED) is 0.235. The van der Waals surface area contributed by atoms with E-state index >= 15 is 0 Å². The first kappa shape index (κ1) is 23.1. The maximum Gasteiger partial charge on any atom is 0.342 e. The Hall–Kier alpha value is -4.06. The van der Waals surface area contributed by atoms with E-state index < -0.39 is 5.97 Å². The van der Waals surface area contributed by atoms with Crippen LogP contribution in [0, 0.1) is 11.3 Å². The minimum absolute atomic E-state index is 0.0280. The van der Waals surface area contributed by atoms with Crippen molar-refractivity contribution in [3.05, 3.63) is 99.4 Å². The summed E-state index contributed by atoms with van der Waals surface area (Å²) in [6.07, 6.45) is 1.48. The molecule has 9 heteroatoms. The summed E-state index contributed by atoms with van der Waals surface area (Å²) in [6, 6.07) is 23.2. The molecule has 4 aromatic rings. The molecule has 0 aliphatic carbocycles. The molecule has 7 nitrogen and oxygen atoms in total. The molecule has 4 rings (SSSR count). The molecule has 0 bridgehead atoms. The molecule has 1 heterocycles. The third kappa shape index (κ3) is 5.64. The third-order valence-electron chi connectivity index (χ3n) is 4.63. The minimum atomic E-state index is -1.15. The van der Waals surface area contributed by atoms with Gasteiger partial charge in [-0.25, -0.2) is 4.79 Å². The van der Waals surface area contributed by atoms with Crippen LogP contribution in [0.15, 0.2) is 87.3 Å². The fourth-order valence-corrected chi connectivity index (χ4v) is 3.76. The van der Waals surface area contributed by atoms with Crippen LogP contribution in [0.3, 0.4) is 0 Å². The van der Waals surface area contributed by atoms with Crippen LogP contribution in [0.1, 0.15) is 16.7 Å². The van der Waals surface area contributed by atoms with Crippen LogP contribution < -0.4 is 4.74 Å². The summed E-state index contributed by atoms with van der Waals surface area (Å²) in [5, 5.41) is 27.6. The molecule has 1 N–H and O–H groups in total. The summed E-state index contributed by atoms with van der Waals surface area (Å²) in [5.74, 6) is -0.424. The van der Waals surface area contributed by atoms with E-state index in [0.29, 0.717) is 27.5 Å². The van der Waals surface area contributed by atoms with Gasteiger partial charge in [0.05, 0.1) is 11.6 Å². The summed E-state index contributed by atoms with van der Waals surface area (Å²) in [5.41, 5.74) is 2.47. The number of aliphatic carboxylic acids is 1. The van der Waals surface area contributed by atoms with Crippen LogP contribution in [0.2, 0.25) is 5.02 Å². The van der Waals surface area contributed by atoms with E-state index in [9.17, 15) is 15.2 Å². The molecule has 0 aliphatic rings. The van der Waals surface area contributed by atoms with Crippen molar-refractivity contribution in [2.24, 2.45) is 0 Å². The second-order valence-electron chi connectivity index (χ2n) is 6.89. The predicted molar refractivity (Wildman–Crippen MR) is 128 cm³/mol. The van der Waals surface area contributed by atoms with Crippen LogP contribution in [0.25, 0.3) is 17.5 Å². The van der Waals surface area contributed by atoms with Gasteiger partial charge in [-0.2, -0.15) is 5.26 Å². The first-order valence-electron chi connectivity index (χ1n) is 9.95. The number of carbonyl (C=O) groups is 1. The monoisotopic (exact) mass is 489 g/mol. The van der Waals surface area contributed by atoms with Crippen LogP contribution in [-0.2, 0) is 11.4 Å². The summed E-state index contributed by atoms with van der Waals surface area (Å²) in [4.78, 5) is 11.9. The Balaban J connectivity index is 1.55. The van der Waals surface area contributed by atoms with Gasteiger partial charge in [0.1, 0.15) is 17.3 Å². The molecule has 1 aromatic heterocycles. The maximum atomic E-state index is 11.9. The van der Waals surface area contributed by atoms with Gasteiger partial charge in [-0.15, -0.1) is 10.2 Å². The van der Waals surface area contributed by atoms with Gasteiger partial charge in [0.2, 0.25) is 5.89 Å². The smallest absolute Gasteiger partial charge is 0.342 e. The van der Waals surface area contributed by atoms with E-state index in [0.717, 1.165) is 17.3 Å². The number of benzene rings is 3. The van der Waals surface area contributed by atoms with E-state index in [1.54, 1.807) is 60.7 Å². The summed E-state index contributed by atoms with van der Waals surface area (Å²) in [7, 11) is 0. The number of nitriles is 1. The molecule has 0 saturated heterocycles. The Morgan fingerprint density at radius 1 is 1.09 bits per heavy atom. The van der Waals surface area contributed by atoms with Gasteiger partial charge in [0.15, 0.2) is 0 Å². The Kier molecular flexibility index (Phi) is 7.28. The Bertz CT molecular complexity index is 1390. The highest BCUT2D eigenvalue weighted by molar-refractivity contribution is 8.03. The van der Waals surface area contributed by atoms with Crippen molar-refractivity contribution in [2.75, 3.05) is 0 Å². The van der Waals surface area contributed by atoms with Gasteiger partial charge in [-0.1, -0.05) is 48.0 Å². The van der Waals surface area contributed by atoms with Crippen molar-refractivity contribution in [1.82, 2.24) is 10.2 Å². The van der Waals surface area contributed by atoms with E-state index in [4.69, 9.17) is 20.8 Å². The number of hydrogen-bond acceptors (Lipinski definition) is 7. The number of hydrogen-bond donors (Lipinski definition) is 1. The second kappa shape index (κ2) is 10.7. The zero-order valence-corrected chi connectivity index (χ0v) is 19.1. The average Bonchev–Trinajstić information content (AvgIpc) is 3.32. The first-order chi connectivity index (χ1) is 16.5. The summed E-state index contributed by atoms with van der Waals surface area (Å²) >= 11 is 6.74. The molecule has 0 aliphatic heterocycles. The molecular formula is C25H16ClN3O4S. The van der Waals surface area contributed by atoms with Crippen molar-refractivity contribution in [2.45, 2.75) is 11.8 Å². The fourth-order valence-electron chi connectivity index (χ4n) is 2.97. The van der Waals surface area contributed by atoms with Crippen LogP contribution >= 0.6 is 23.4 Å². The largest absolute Gasteiger partial charge is 0.488 e. The van der Waals surface area contributed by atoms with Crippen LogP contribution in [-0.4, -0.2) is 21.3 Å². The number of aromatic nitrogens is 2. The zero-order chi connectivity index (χ0) is 23.9. The zero-order valence-electron chi connectivity index (χ0n) is 17.5. The molecule has 0 spiro atoms. The molecule has 0 radical (unpaired) electrons. The normalized spacial score (nSPS) is 11.1. The lowest BCUT2D eigenvalue weighted by molar-refractivity contribution is -0.131. The first-order valence-corrected chi connectivity index (χ1v) is 11.1. The summed E-state index contributed by atoms with van der Waals surface area (Å²) < 4.78 is 11.5. The van der Waals surface area contributed by atoms with E-state index in [1.807, 2.05) is 12.1 Å². The lowest BCUT2D eigenvalue weighted by Gasteiger charge is -2.10. The number of rotatable bonds is 8. The lowest BCUT2D eigenvalue weighted by atomic mass is 10.1. The van der Waals surface area contributed by atoms with Crippen molar-refractivity contribution in [3.63, 3.8) is 0 Å². The SMILES string of the molecule is N#Cc1ccccc1COc1ccccc1/C=C(\Sc1nnc(-c2ccc(Cl)cc2)o1)C(=O)O. The van der Waals surface area contributed by atoms with Gasteiger partial charge in [-0.05, 0) is 54.2 Å². The molecule has 0 unspecified atom stereocenters. The predicted octanol–water partition coefficient (Wildman–Crippen LogP) is 6.06. The van der Waals surface area contributed by atoms with Crippen LogP contribution in [0.5, 0.6) is 5.75 Å². The summed E-state index contributed by atoms with van der Waals surface area (Å²) in [6.45, 7) is 0.165. The number of nitrogens with zero attached hydrogens (tertiary/aromatic N) is 3. The van der Waals surface area contributed by atoms with Gasteiger partial charge in [-0.3, -0.25) is 0 Å². The van der Waals surface area contributed by atoms with E-state index in [1.165, 1.54) is 6.08 Å². The molecule has 34 heavy (non-hydrogen) atoms. The van der Waals surface area contributed by atoms with Crippen molar-refractivity contribution in [1.29, 1.82) is 5.26 Å². The highest BCUT2D eigenvalue weighted by Crippen LogP contribution is 2.32. The van der Waals surface area contributed by atoms with Gasteiger partial charge in [0.25, 0.3) is 5.22 Å². The van der Waals surface area contributed by atoms with E-state index in [2.05, 4.69) is 16.3 Å². The highest BCUT2D eigenvalue weighted by atomic mass is 35.5. The standard InChI is InChI=1S/C25H16ClN3O4S/c26-20-11-9-16(10-12-20)23-28-29-25(33-23)34-22(24(30)31)13-17-5-3-4-8-21(17)32-15-19-7-2-1-6-18(19)14-27/h1-13H,15H2,(H,30,31)/b22-13-. The number of halogens is 1.